The van der Waals surface area contributed by atoms with E-state index in [0.29, 0.717) is 30.1 Å². The second-order valence-corrected chi connectivity index (χ2v) is 6.79. The molecule has 0 aliphatic rings. The van der Waals surface area contributed by atoms with E-state index >= 15 is 0 Å². The van der Waals surface area contributed by atoms with Crippen LogP contribution in [-0.2, 0) is 6.42 Å². The number of anilines is 1. The van der Waals surface area contributed by atoms with Crippen molar-refractivity contribution >= 4 is 12.2 Å². The van der Waals surface area contributed by atoms with E-state index in [-0.39, 0.29) is 17.2 Å². The molecule has 8 nitrogen and oxygen atoms in total. The smallest absolute Gasteiger partial charge is 0.270 e. The third-order valence-electron chi connectivity index (χ3n) is 4.55. The van der Waals surface area contributed by atoms with Gasteiger partial charge in [-0.1, -0.05) is 49.1 Å². The van der Waals surface area contributed by atoms with Gasteiger partial charge in [0.1, 0.15) is 18.2 Å². The summed E-state index contributed by atoms with van der Waals surface area (Å²) in [6.07, 6.45) is 5.56. The second kappa shape index (κ2) is 11.1. The summed E-state index contributed by atoms with van der Waals surface area (Å²) < 4.78 is 11.2. The van der Waals surface area contributed by atoms with Gasteiger partial charge in [0, 0.05) is 11.1 Å². The van der Waals surface area contributed by atoms with Crippen molar-refractivity contribution in [1.29, 1.82) is 5.26 Å². The Hall–Kier alpha value is -4.64. The molecule has 8 heteroatoms. The molecule has 1 heterocycles. The number of aromatic nitrogens is 2. The van der Waals surface area contributed by atoms with Gasteiger partial charge in [-0.15, -0.1) is 6.58 Å². The lowest BCUT2D eigenvalue weighted by Gasteiger charge is -2.14. The zero-order valence-electron chi connectivity index (χ0n) is 18.2. The van der Waals surface area contributed by atoms with E-state index in [0.717, 1.165) is 11.1 Å². The molecule has 2 N–H and O–H groups in total. The lowest BCUT2D eigenvalue weighted by Crippen LogP contribution is -2.16. The third-order valence-corrected chi connectivity index (χ3v) is 4.55. The van der Waals surface area contributed by atoms with Crippen LogP contribution in [0.1, 0.15) is 16.7 Å². The monoisotopic (exact) mass is 441 g/mol. The Morgan fingerprint density at radius 1 is 1.24 bits per heavy atom. The number of benzene rings is 2. The van der Waals surface area contributed by atoms with Crippen molar-refractivity contribution < 1.29 is 9.47 Å². The van der Waals surface area contributed by atoms with Crippen molar-refractivity contribution in [2.24, 2.45) is 5.10 Å². The normalized spacial score (nSPS) is 10.4. The fourth-order valence-corrected chi connectivity index (χ4v) is 3.13. The molecule has 0 amide bonds. The molecule has 0 fully saturated rings. The van der Waals surface area contributed by atoms with E-state index < -0.39 is 5.56 Å². The van der Waals surface area contributed by atoms with Crippen LogP contribution in [0.15, 0.2) is 77.7 Å². The number of nitrogens with zero attached hydrogens (tertiary/aromatic N) is 3. The third kappa shape index (κ3) is 5.54. The minimum Gasteiger partial charge on any atom is -0.493 e. The number of hydrogen-bond donors (Lipinski definition) is 2. The van der Waals surface area contributed by atoms with Crippen molar-refractivity contribution in [1.82, 2.24) is 9.97 Å². The molecule has 0 unspecified atom stereocenters. The first-order chi connectivity index (χ1) is 16.1. The molecule has 33 heavy (non-hydrogen) atoms. The maximum Gasteiger partial charge on any atom is 0.270 e. The summed E-state index contributed by atoms with van der Waals surface area (Å²) in [5.74, 6) is 1.28. The molecule has 3 aromatic rings. The molecule has 0 bridgehead atoms. The summed E-state index contributed by atoms with van der Waals surface area (Å²) in [6.45, 7) is 7.81. The van der Waals surface area contributed by atoms with Crippen LogP contribution in [0.2, 0.25) is 0 Å². The van der Waals surface area contributed by atoms with Gasteiger partial charge < -0.3 is 9.47 Å². The van der Waals surface area contributed by atoms with Crippen molar-refractivity contribution in [3.63, 3.8) is 0 Å². The lowest BCUT2D eigenvalue weighted by atomic mass is 10.1. The van der Waals surface area contributed by atoms with Crippen LogP contribution in [0.3, 0.4) is 0 Å². The molecule has 0 atom stereocenters. The second-order valence-electron chi connectivity index (χ2n) is 6.79. The summed E-state index contributed by atoms with van der Waals surface area (Å²) >= 11 is 0. The van der Waals surface area contributed by atoms with Crippen LogP contribution in [0, 0.1) is 11.3 Å². The predicted octanol–water partition coefficient (Wildman–Crippen LogP) is 4.06. The number of aromatic amines is 1. The zero-order chi connectivity index (χ0) is 23.6. The van der Waals surface area contributed by atoms with E-state index in [1.807, 2.05) is 18.2 Å². The molecular formula is C25H23N5O3. The van der Waals surface area contributed by atoms with E-state index in [1.54, 1.807) is 55.8 Å². The standard InChI is InChI=1S/C25H23N5O3/c1-4-9-19-13-17(14-21(32-3)23(19)33-12-5-2)16-27-30-25-28-22(18-10-7-6-8-11-18)20(15-26)24(31)29-25/h4-8,10-11,13-14,16H,1-2,9,12H2,3H3,(H2,28,29,30,31). The van der Waals surface area contributed by atoms with Crippen LogP contribution in [0.5, 0.6) is 11.5 Å². The molecule has 3 rings (SSSR count). The quantitative estimate of drug-likeness (QED) is 0.279. The average Bonchev–Trinajstić information content (AvgIpc) is 2.83. The Bertz CT molecular complexity index is 1270. The average molecular weight is 441 g/mol. The first-order valence-electron chi connectivity index (χ1n) is 10.1. The number of ether oxygens (including phenoxy) is 2. The van der Waals surface area contributed by atoms with Crippen molar-refractivity contribution in [2.45, 2.75) is 6.42 Å². The van der Waals surface area contributed by atoms with Crippen molar-refractivity contribution in [3.8, 4) is 28.8 Å². The summed E-state index contributed by atoms with van der Waals surface area (Å²) in [4.78, 5) is 19.3. The molecule has 0 saturated heterocycles. The Labute approximate surface area is 191 Å². The molecule has 0 saturated carbocycles. The molecule has 2 aromatic carbocycles. The topological polar surface area (TPSA) is 112 Å². The highest BCUT2D eigenvalue weighted by atomic mass is 16.5. The van der Waals surface area contributed by atoms with E-state index in [1.165, 1.54) is 0 Å². The largest absolute Gasteiger partial charge is 0.493 e. The molecular weight excluding hydrogens is 418 g/mol. The first kappa shape index (κ1) is 23.0. The number of allylic oxidation sites excluding steroid dienone is 1. The van der Waals surface area contributed by atoms with Gasteiger partial charge in [-0.05, 0) is 24.1 Å². The van der Waals surface area contributed by atoms with E-state index in [2.05, 4.69) is 33.7 Å². The Kier molecular flexibility index (Phi) is 7.76. The van der Waals surface area contributed by atoms with Gasteiger partial charge in [-0.3, -0.25) is 9.78 Å². The summed E-state index contributed by atoms with van der Waals surface area (Å²) in [6, 6.07) is 14.6. The number of hydrogen-bond acceptors (Lipinski definition) is 7. The maximum absolute atomic E-state index is 12.4. The summed E-state index contributed by atoms with van der Waals surface area (Å²) in [5.41, 5.74) is 4.65. The molecule has 0 spiro atoms. The molecule has 1 aromatic heterocycles. The number of rotatable bonds is 10. The highest BCUT2D eigenvalue weighted by molar-refractivity contribution is 5.82. The summed E-state index contributed by atoms with van der Waals surface area (Å²) in [5, 5.41) is 13.6. The SMILES string of the molecule is C=CCOc1c(CC=C)cc(C=NNc2nc(-c3ccccc3)c(C#N)c(=O)[nH]2)cc1OC. The van der Waals surface area contributed by atoms with Crippen LogP contribution >= 0.6 is 0 Å². The summed E-state index contributed by atoms with van der Waals surface area (Å²) in [7, 11) is 1.56. The van der Waals surface area contributed by atoms with Crippen molar-refractivity contribution in [3.05, 3.63) is 94.8 Å². The number of nitriles is 1. The fraction of sp³-hybridized carbons (Fsp3) is 0.120. The van der Waals surface area contributed by atoms with E-state index in [4.69, 9.17) is 9.47 Å². The maximum atomic E-state index is 12.4. The van der Waals surface area contributed by atoms with Crippen LogP contribution in [0.25, 0.3) is 11.3 Å². The Morgan fingerprint density at radius 2 is 2.03 bits per heavy atom. The number of methoxy groups -OCH3 is 1. The zero-order valence-corrected chi connectivity index (χ0v) is 18.2. The van der Waals surface area contributed by atoms with E-state index in [9.17, 15) is 10.1 Å². The predicted molar refractivity (Wildman–Crippen MR) is 129 cm³/mol. The van der Waals surface area contributed by atoms with Crippen LogP contribution in [-0.4, -0.2) is 29.9 Å². The van der Waals surface area contributed by atoms with Gasteiger partial charge in [0.05, 0.1) is 19.0 Å². The number of hydrazone groups is 1. The minimum absolute atomic E-state index is 0.0651. The highest BCUT2D eigenvalue weighted by Gasteiger charge is 2.14. The van der Waals surface area contributed by atoms with Crippen LogP contribution in [0.4, 0.5) is 5.95 Å². The Balaban J connectivity index is 1.91. The molecule has 0 aliphatic carbocycles. The van der Waals surface area contributed by atoms with Gasteiger partial charge in [-0.25, -0.2) is 10.4 Å². The highest BCUT2D eigenvalue weighted by Crippen LogP contribution is 2.33. The molecule has 0 radical (unpaired) electrons. The van der Waals surface area contributed by atoms with Gasteiger partial charge in [-0.2, -0.15) is 10.4 Å². The fourth-order valence-electron chi connectivity index (χ4n) is 3.13. The van der Waals surface area contributed by atoms with Gasteiger partial charge in [0.15, 0.2) is 11.5 Å². The van der Waals surface area contributed by atoms with Gasteiger partial charge >= 0.3 is 0 Å². The van der Waals surface area contributed by atoms with Crippen LogP contribution < -0.4 is 20.5 Å². The van der Waals surface area contributed by atoms with Gasteiger partial charge in [0.25, 0.3) is 5.56 Å². The van der Waals surface area contributed by atoms with Crippen molar-refractivity contribution in [2.75, 3.05) is 19.1 Å². The first-order valence-corrected chi connectivity index (χ1v) is 10.1. The Morgan fingerprint density at radius 3 is 2.70 bits per heavy atom. The minimum atomic E-state index is -0.553. The lowest BCUT2D eigenvalue weighted by molar-refractivity contribution is 0.323. The molecule has 166 valence electrons. The van der Waals surface area contributed by atoms with Gasteiger partial charge in [0.2, 0.25) is 5.95 Å². The molecule has 0 aliphatic heterocycles. The number of H-pyrrole nitrogens is 1. The number of nitrogens with one attached hydrogen (secondary N) is 2.